The number of methoxy groups -OCH3 is 1. The minimum Gasteiger partial charge on any atom is -0.493 e. The summed E-state index contributed by atoms with van der Waals surface area (Å²) in [5.74, 6) is 1.32. The topological polar surface area (TPSA) is 103 Å². The molecular weight excluding hydrogens is 338 g/mol. The molecule has 0 aliphatic carbocycles. The molecular formula is C18H21N3O5. The third-order valence-electron chi connectivity index (χ3n) is 3.54. The van der Waals surface area contributed by atoms with E-state index in [1.165, 1.54) is 18.2 Å². The highest BCUT2D eigenvalue weighted by Gasteiger charge is 2.09. The molecule has 0 bridgehead atoms. The van der Waals surface area contributed by atoms with Gasteiger partial charge in [0.15, 0.2) is 11.5 Å². The molecule has 0 unspecified atom stereocenters. The number of anilines is 1. The molecule has 0 aromatic heterocycles. The lowest BCUT2D eigenvalue weighted by Crippen LogP contribution is -2.30. The summed E-state index contributed by atoms with van der Waals surface area (Å²) >= 11 is 0. The molecule has 138 valence electrons. The van der Waals surface area contributed by atoms with Crippen LogP contribution in [0, 0.1) is 10.1 Å². The predicted molar refractivity (Wildman–Crippen MR) is 98.0 cm³/mol. The lowest BCUT2D eigenvalue weighted by atomic mass is 10.1. The number of carbonyl (C=O) groups is 1. The third kappa shape index (κ3) is 5.37. The first-order valence-electron chi connectivity index (χ1n) is 8.12. The Morgan fingerprint density at radius 3 is 2.69 bits per heavy atom. The van der Waals surface area contributed by atoms with Gasteiger partial charge in [0.05, 0.1) is 18.6 Å². The maximum absolute atomic E-state index is 11.9. The van der Waals surface area contributed by atoms with E-state index in [4.69, 9.17) is 9.47 Å². The van der Waals surface area contributed by atoms with Crippen LogP contribution in [0.1, 0.15) is 12.5 Å². The highest BCUT2D eigenvalue weighted by atomic mass is 16.6. The van der Waals surface area contributed by atoms with Crippen LogP contribution in [-0.2, 0) is 6.42 Å². The Kier molecular flexibility index (Phi) is 6.78. The van der Waals surface area contributed by atoms with E-state index in [-0.39, 0.29) is 5.69 Å². The normalized spacial score (nSPS) is 10.1. The van der Waals surface area contributed by atoms with E-state index in [2.05, 4.69) is 10.6 Å². The standard InChI is InChI=1S/C18H21N3O5/c1-3-26-16-8-7-13(11-17(16)25-2)9-10-19-18(22)20-14-5-4-6-15(12-14)21(23)24/h4-8,11-12H,3,9-10H2,1-2H3,(H2,19,20,22). The van der Waals surface area contributed by atoms with E-state index in [1.807, 2.05) is 25.1 Å². The zero-order valence-electron chi connectivity index (χ0n) is 14.7. The highest BCUT2D eigenvalue weighted by molar-refractivity contribution is 5.89. The smallest absolute Gasteiger partial charge is 0.319 e. The van der Waals surface area contributed by atoms with Gasteiger partial charge in [0, 0.05) is 24.4 Å². The van der Waals surface area contributed by atoms with E-state index < -0.39 is 11.0 Å². The Hall–Kier alpha value is -3.29. The number of rotatable bonds is 8. The molecule has 8 nitrogen and oxygen atoms in total. The summed E-state index contributed by atoms with van der Waals surface area (Å²) in [7, 11) is 1.58. The quantitative estimate of drug-likeness (QED) is 0.556. The van der Waals surface area contributed by atoms with Crippen LogP contribution in [-0.4, -0.2) is 31.2 Å². The molecule has 0 saturated carbocycles. The van der Waals surface area contributed by atoms with Crippen molar-refractivity contribution in [2.45, 2.75) is 13.3 Å². The summed E-state index contributed by atoms with van der Waals surface area (Å²) < 4.78 is 10.8. The van der Waals surface area contributed by atoms with Gasteiger partial charge in [-0.1, -0.05) is 12.1 Å². The molecule has 0 spiro atoms. The number of benzene rings is 2. The van der Waals surface area contributed by atoms with E-state index in [0.717, 1.165) is 5.56 Å². The number of nitro groups is 1. The van der Waals surface area contributed by atoms with Crippen LogP contribution in [0.5, 0.6) is 11.5 Å². The molecule has 2 rings (SSSR count). The largest absolute Gasteiger partial charge is 0.493 e. The number of carbonyl (C=O) groups excluding carboxylic acids is 1. The zero-order valence-corrected chi connectivity index (χ0v) is 14.7. The molecule has 2 aromatic carbocycles. The van der Waals surface area contributed by atoms with Gasteiger partial charge in [-0.3, -0.25) is 10.1 Å². The molecule has 26 heavy (non-hydrogen) atoms. The molecule has 0 aliphatic rings. The van der Waals surface area contributed by atoms with Crippen molar-refractivity contribution in [1.82, 2.24) is 5.32 Å². The fraction of sp³-hybridized carbons (Fsp3) is 0.278. The number of nitrogens with zero attached hydrogens (tertiary/aromatic N) is 1. The number of hydrogen-bond donors (Lipinski definition) is 2. The molecule has 2 aromatic rings. The van der Waals surface area contributed by atoms with Crippen LogP contribution in [0.15, 0.2) is 42.5 Å². The van der Waals surface area contributed by atoms with E-state index in [0.29, 0.717) is 36.8 Å². The average Bonchev–Trinajstić information content (AvgIpc) is 2.63. The maximum Gasteiger partial charge on any atom is 0.319 e. The number of ether oxygens (including phenoxy) is 2. The number of nitrogens with one attached hydrogen (secondary N) is 2. The first-order chi connectivity index (χ1) is 12.5. The Balaban J connectivity index is 1.86. The van der Waals surface area contributed by atoms with Gasteiger partial charge >= 0.3 is 6.03 Å². The van der Waals surface area contributed by atoms with Crippen LogP contribution < -0.4 is 20.1 Å². The maximum atomic E-state index is 11.9. The number of nitro benzene ring substituents is 1. The molecule has 2 N–H and O–H groups in total. The first kappa shape index (κ1) is 19.0. The minimum atomic E-state index is -0.512. The number of non-ortho nitro benzene ring substituents is 1. The summed E-state index contributed by atoms with van der Waals surface area (Å²) in [6.45, 7) is 2.85. The second-order valence-electron chi connectivity index (χ2n) is 5.36. The lowest BCUT2D eigenvalue weighted by Gasteiger charge is -2.11. The fourth-order valence-corrected chi connectivity index (χ4v) is 2.34. The van der Waals surface area contributed by atoms with E-state index in [1.54, 1.807) is 13.2 Å². The van der Waals surface area contributed by atoms with Gasteiger partial charge in [-0.15, -0.1) is 0 Å². The van der Waals surface area contributed by atoms with Gasteiger partial charge in [-0.2, -0.15) is 0 Å². The molecule has 0 radical (unpaired) electrons. The van der Waals surface area contributed by atoms with E-state index in [9.17, 15) is 14.9 Å². The zero-order chi connectivity index (χ0) is 18.9. The van der Waals surface area contributed by atoms with Crippen molar-refractivity contribution >= 4 is 17.4 Å². The summed E-state index contributed by atoms with van der Waals surface area (Å²) in [6.07, 6.45) is 0.602. The molecule has 0 atom stereocenters. The van der Waals surface area contributed by atoms with Crippen LogP contribution >= 0.6 is 0 Å². The molecule has 8 heteroatoms. The van der Waals surface area contributed by atoms with Crippen molar-refractivity contribution in [3.63, 3.8) is 0 Å². The van der Waals surface area contributed by atoms with E-state index >= 15 is 0 Å². The minimum absolute atomic E-state index is 0.0794. The molecule has 0 aliphatic heterocycles. The Labute approximate surface area is 151 Å². The molecule has 0 saturated heterocycles. The summed E-state index contributed by atoms with van der Waals surface area (Å²) in [6, 6.07) is 11.0. The first-order valence-corrected chi connectivity index (χ1v) is 8.12. The predicted octanol–water partition coefficient (Wildman–Crippen LogP) is 3.37. The molecule has 2 amide bonds. The van der Waals surface area contributed by atoms with Crippen molar-refractivity contribution < 1.29 is 19.2 Å². The van der Waals surface area contributed by atoms with Crippen molar-refractivity contribution in [2.24, 2.45) is 0 Å². The summed E-state index contributed by atoms with van der Waals surface area (Å²) in [5, 5.41) is 16.0. The monoisotopic (exact) mass is 359 g/mol. The Bertz CT molecular complexity index is 779. The van der Waals surface area contributed by atoms with Gasteiger partial charge < -0.3 is 20.1 Å². The van der Waals surface area contributed by atoms with Crippen molar-refractivity contribution in [2.75, 3.05) is 25.6 Å². The SMILES string of the molecule is CCOc1ccc(CCNC(=O)Nc2cccc([N+](=O)[O-])c2)cc1OC. The van der Waals surface area contributed by atoms with Gasteiger partial charge in [0.25, 0.3) is 5.69 Å². The molecule has 0 heterocycles. The lowest BCUT2D eigenvalue weighted by molar-refractivity contribution is -0.384. The van der Waals surface area contributed by atoms with Crippen molar-refractivity contribution in [1.29, 1.82) is 0 Å². The summed E-state index contributed by atoms with van der Waals surface area (Å²) in [5.41, 5.74) is 1.27. The van der Waals surface area contributed by atoms with Crippen LogP contribution in [0.25, 0.3) is 0 Å². The van der Waals surface area contributed by atoms with Crippen molar-refractivity contribution in [3.8, 4) is 11.5 Å². The average molecular weight is 359 g/mol. The van der Waals surface area contributed by atoms with Crippen LogP contribution in [0.4, 0.5) is 16.2 Å². The Morgan fingerprint density at radius 1 is 1.19 bits per heavy atom. The van der Waals surface area contributed by atoms with Crippen molar-refractivity contribution in [3.05, 3.63) is 58.1 Å². The fourth-order valence-electron chi connectivity index (χ4n) is 2.34. The molecule has 0 fully saturated rings. The summed E-state index contributed by atoms with van der Waals surface area (Å²) in [4.78, 5) is 22.1. The third-order valence-corrected chi connectivity index (χ3v) is 3.54. The van der Waals surface area contributed by atoms with Gasteiger partial charge in [-0.05, 0) is 37.1 Å². The van der Waals surface area contributed by atoms with Crippen LogP contribution in [0.3, 0.4) is 0 Å². The van der Waals surface area contributed by atoms with Crippen LogP contribution in [0.2, 0.25) is 0 Å². The number of hydrogen-bond acceptors (Lipinski definition) is 5. The van der Waals surface area contributed by atoms with Gasteiger partial charge in [0.2, 0.25) is 0 Å². The second kappa shape index (κ2) is 9.26. The van der Waals surface area contributed by atoms with Gasteiger partial charge in [0.1, 0.15) is 0 Å². The highest BCUT2D eigenvalue weighted by Crippen LogP contribution is 2.28. The Morgan fingerprint density at radius 2 is 2.00 bits per heavy atom. The second-order valence-corrected chi connectivity index (χ2v) is 5.36. The number of urea groups is 1. The number of amides is 2. The van der Waals surface area contributed by atoms with Gasteiger partial charge in [-0.25, -0.2) is 4.79 Å².